The summed E-state index contributed by atoms with van der Waals surface area (Å²) in [4.78, 5) is 11.5. The summed E-state index contributed by atoms with van der Waals surface area (Å²) >= 11 is 0. The van der Waals surface area contributed by atoms with Gasteiger partial charge < -0.3 is 19.5 Å². The van der Waals surface area contributed by atoms with E-state index in [1.807, 2.05) is 44.2 Å². The molecule has 0 aliphatic rings. The minimum absolute atomic E-state index is 0.171. The summed E-state index contributed by atoms with van der Waals surface area (Å²) in [6.07, 6.45) is -0.171. The fraction of sp³-hybridized carbons (Fsp3) is 0.333. The van der Waals surface area contributed by atoms with Gasteiger partial charge in [0, 0.05) is 18.2 Å². The van der Waals surface area contributed by atoms with Gasteiger partial charge in [0.2, 0.25) is 5.91 Å². The second-order valence-corrected chi connectivity index (χ2v) is 5.98. The summed E-state index contributed by atoms with van der Waals surface area (Å²) in [5.74, 6) is 1.79. The van der Waals surface area contributed by atoms with Crippen LogP contribution in [0.25, 0.3) is 0 Å². The first-order valence-corrected chi connectivity index (χ1v) is 8.67. The number of nitriles is 1. The van der Waals surface area contributed by atoms with Crippen molar-refractivity contribution in [1.29, 1.82) is 5.26 Å². The highest BCUT2D eigenvalue weighted by molar-refractivity contribution is 5.78. The van der Waals surface area contributed by atoms with Crippen molar-refractivity contribution in [3.05, 3.63) is 53.1 Å². The van der Waals surface area contributed by atoms with Crippen LogP contribution >= 0.6 is 0 Å². The quantitative estimate of drug-likeness (QED) is 0.687. The van der Waals surface area contributed by atoms with Crippen LogP contribution in [-0.4, -0.2) is 26.2 Å². The van der Waals surface area contributed by atoms with E-state index in [-0.39, 0.29) is 18.9 Å². The molecule has 0 aliphatic carbocycles. The number of carbonyl (C=O) groups excluding carboxylic acids is 1. The van der Waals surface area contributed by atoms with Crippen LogP contribution < -0.4 is 19.5 Å². The maximum Gasteiger partial charge on any atom is 0.234 e. The van der Waals surface area contributed by atoms with Crippen LogP contribution in [-0.2, 0) is 11.3 Å². The summed E-state index contributed by atoms with van der Waals surface area (Å²) in [6.45, 7) is 5.08. The normalized spacial score (nSPS) is 10.0. The summed E-state index contributed by atoms with van der Waals surface area (Å²) in [6, 6.07) is 13.2. The van der Waals surface area contributed by atoms with Crippen LogP contribution in [0.5, 0.6) is 17.2 Å². The zero-order valence-corrected chi connectivity index (χ0v) is 15.9. The molecule has 0 atom stereocenters. The van der Waals surface area contributed by atoms with E-state index >= 15 is 0 Å². The molecule has 0 fully saturated rings. The molecule has 0 aliphatic heterocycles. The molecule has 0 radical (unpaired) electrons. The average molecular weight is 368 g/mol. The number of hydrogen-bond acceptors (Lipinski definition) is 5. The molecule has 0 unspecified atom stereocenters. The number of aryl methyl sites for hydroxylation is 1. The fourth-order valence-electron chi connectivity index (χ4n) is 2.45. The lowest BCUT2D eigenvalue weighted by Crippen LogP contribution is -2.22. The molecular weight excluding hydrogens is 344 g/mol. The van der Waals surface area contributed by atoms with E-state index in [9.17, 15) is 4.79 Å². The highest BCUT2D eigenvalue weighted by Crippen LogP contribution is 2.25. The highest BCUT2D eigenvalue weighted by atomic mass is 16.5. The smallest absolute Gasteiger partial charge is 0.234 e. The van der Waals surface area contributed by atoms with Gasteiger partial charge in [-0.05, 0) is 43.2 Å². The fourth-order valence-corrected chi connectivity index (χ4v) is 2.45. The molecule has 0 spiro atoms. The Bertz CT molecular complexity index is 827. The number of benzene rings is 2. The molecule has 2 rings (SSSR count). The standard InChI is InChI=1S/C21H24N2O4/c1-15-5-4-6-19(16(15)2)26-11-12-27-20-13-18(25-3)8-7-17(20)14-23-21(24)9-10-22/h4-8,13H,9,11-12,14H2,1-3H3,(H,23,24). The summed E-state index contributed by atoms with van der Waals surface area (Å²) in [5, 5.41) is 11.3. The zero-order chi connectivity index (χ0) is 19.6. The van der Waals surface area contributed by atoms with Crippen LogP contribution in [0.15, 0.2) is 36.4 Å². The number of amides is 1. The number of methoxy groups -OCH3 is 1. The molecular formula is C21H24N2O4. The van der Waals surface area contributed by atoms with Crippen molar-refractivity contribution in [2.24, 2.45) is 0 Å². The predicted molar refractivity (Wildman–Crippen MR) is 102 cm³/mol. The molecule has 0 saturated heterocycles. The van der Waals surface area contributed by atoms with E-state index in [1.54, 1.807) is 19.2 Å². The van der Waals surface area contributed by atoms with Crippen molar-refractivity contribution in [3.8, 4) is 23.3 Å². The first-order valence-electron chi connectivity index (χ1n) is 8.67. The first-order chi connectivity index (χ1) is 13.0. The van der Waals surface area contributed by atoms with Gasteiger partial charge in [-0.25, -0.2) is 0 Å². The van der Waals surface area contributed by atoms with Crippen molar-refractivity contribution in [1.82, 2.24) is 5.32 Å². The van der Waals surface area contributed by atoms with Crippen molar-refractivity contribution >= 4 is 5.91 Å². The van der Waals surface area contributed by atoms with Crippen LogP contribution in [0.4, 0.5) is 0 Å². The number of rotatable bonds is 9. The molecule has 1 N–H and O–H groups in total. The third kappa shape index (κ3) is 5.93. The SMILES string of the molecule is COc1ccc(CNC(=O)CC#N)c(OCCOc2cccc(C)c2C)c1. The van der Waals surface area contributed by atoms with E-state index in [2.05, 4.69) is 5.32 Å². The Morgan fingerprint density at radius 2 is 1.85 bits per heavy atom. The Morgan fingerprint density at radius 1 is 1.11 bits per heavy atom. The molecule has 0 bridgehead atoms. The maximum absolute atomic E-state index is 11.5. The Balaban J connectivity index is 1.96. The topological polar surface area (TPSA) is 80.6 Å². The van der Waals surface area contributed by atoms with Gasteiger partial charge in [-0.3, -0.25) is 4.79 Å². The van der Waals surface area contributed by atoms with Gasteiger partial charge >= 0.3 is 0 Å². The zero-order valence-electron chi connectivity index (χ0n) is 15.9. The van der Waals surface area contributed by atoms with E-state index in [4.69, 9.17) is 19.5 Å². The average Bonchev–Trinajstić information content (AvgIpc) is 2.67. The third-order valence-electron chi connectivity index (χ3n) is 4.14. The first kappa shape index (κ1) is 20.1. The number of hydrogen-bond donors (Lipinski definition) is 1. The number of nitrogens with one attached hydrogen (secondary N) is 1. The van der Waals surface area contributed by atoms with Gasteiger partial charge in [-0.15, -0.1) is 0 Å². The van der Waals surface area contributed by atoms with E-state index in [0.29, 0.717) is 24.7 Å². The molecule has 27 heavy (non-hydrogen) atoms. The van der Waals surface area contributed by atoms with Gasteiger partial charge in [0.25, 0.3) is 0 Å². The van der Waals surface area contributed by atoms with Crippen molar-refractivity contribution in [2.75, 3.05) is 20.3 Å². The molecule has 0 heterocycles. The van der Waals surface area contributed by atoms with Crippen LogP contribution in [0.1, 0.15) is 23.1 Å². The Labute approximate surface area is 159 Å². The Hall–Kier alpha value is -3.20. The van der Waals surface area contributed by atoms with Gasteiger partial charge in [0.1, 0.15) is 36.9 Å². The van der Waals surface area contributed by atoms with Gasteiger partial charge in [-0.1, -0.05) is 12.1 Å². The lowest BCUT2D eigenvalue weighted by Gasteiger charge is -2.15. The monoisotopic (exact) mass is 368 g/mol. The van der Waals surface area contributed by atoms with Crippen LogP contribution in [0.3, 0.4) is 0 Å². The minimum Gasteiger partial charge on any atom is -0.497 e. The van der Waals surface area contributed by atoms with Crippen molar-refractivity contribution < 1.29 is 19.0 Å². The third-order valence-corrected chi connectivity index (χ3v) is 4.14. The molecule has 1 amide bonds. The van der Waals surface area contributed by atoms with Gasteiger partial charge in [-0.2, -0.15) is 5.26 Å². The molecule has 2 aromatic carbocycles. The second kappa shape index (κ2) is 10.1. The Kier molecular flexibility index (Phi) is 7.50. The predicted octanol–water partition coefficient (Wildman–Crippen LogP) is 3.30. The summed E-state index contributed by atoms with van der Waals surface area (Å²) in [7, 11) is 1.58. The molecule has 142 valence electrons. The van der Waals surface area contributed by atoms with Gasteiger partial charge in [0.05, 0.1) is 13.2 Å². The largest absolute Gasteiger partial charge is 0.497 e. The lowest BCUT2D eigenvalue weighted by atomic mass is 10.1. The summed E-state index contributed by atoms with van der Waals surface area (Å²) < 4.78 is 16.9. The Morgan fingerprint density at radius 3 is 2.56 bits per heavy atom. The minimum atomic E-state index is -0.322. The number of ether oxygens (including phenoxy) is 3. The van der Waals surface area contributed by atoms with Crippen molar-refractivity contribution in [2.45, 2.75) is 26.8 Å². The van der Waals surface area contributed by atoms with Crippen LogP contribution in [0.2, 0.25) is 0 Å². The lowest BCUT2D eigenvalue weighted by molar-refractivity contribution is -0.120. The molecule has 0 aromatic heterocycles. The highest BCUT2D eigenvalue weighted by Gasteiger charge is 2.09. The van der Waals surface area contributed by atoms with E-state index in [1.165, 1.54) is 5.56 Å². The van der Waals surface area contributed by atoms with Gasteiger partial charge in [0.15, 0.2) is 0 Å². The second-order valence-electron chi connectivity index (χ2n) is 5.98. The van der Waals surface area contributed by atoms with E-state index < -0.39 is 0 Å². The molecule has 6 nitrogen and oxygen atoms in total. The molecule has 6 heteroatoms. The molecule has 2 aromatic rings. The number of nitrogens with zero attached hydrogens (tertiary/aromatic N) is 1. The van der Waals surface area contributed by atoms with Crippen LogP contribution in [0, 0.1) is 25.2 Å². The van der Waals surface area contributed by atoms with Crippen molar-refractivity contribution in [3.63, 3.8) is 0 Å². The van der Waals surface area contributed by atoms with E-state index in [0.717, 1.165) is 16.9 Å². The maximum atomic E-state index is 11.5. The summed E-state index contributed by atoms with van der Waals surface area (Å²) in [5.41, 5.74) is 3.09. The number of carbonyl (C=O) groups is 1. The molecule has 0 saturated carbocycles.